The molecule has 0 bridgehead atoms. The highest BCUT2D eigenvalue weighted by Gasteiger charge is 2.39. The number of rotatable bonds is 2. The zero-order valence-corrected chi connectivity index (χ0v) is 11.6. The van der Waals surface area contributed by atoms with Crippen molar-refractivity contribution in [2.45, 2.75) is 44.6 Å². The van der Waals surface area contributed by atoms with Gasteiger partial charge in [-0.3, -0.25) is 4.90 Å². The fourth-order valence-corrected chi connectivity index (χ4v) is 3.75. The molecule has 1 heterocycles. The van der Waals surface area contributed by atoms with Crippen LogP contribution < -0.4 is 5.73 Å². The molecule has 1 aliphatic carbocycles. The van der Waals surface area contributed by atoms with E-state index in [1.807, 2.05) is 0 Å². The maximum atomic E-state index is 6.16. The molecule has 17 heavy (non-hydrogen) atoms. The summed E-state index contributed by atoms with van der Waals surface area (Å²) in [4.78, 5) is 5.17. The Morgan fingerprint density at radius 3 is 2.71 bits per heavy atom. The van der Waals surface area contributed by atoms with Gasteiger partial charge in [0.15, 0.2) is 0 Å². The van der Waals surface area contributed by atoms with Crippen LogP contribution in [-0.2, 0) is 0 Å². The minimum Gasteiger partial charge on any atom is -0.329 e. The van der Waals surface area contributed by atoms with Crippen LogP contribution in [0.1, 0.15) is 39.0 Å². The molecule has 0 spiro atoms. The van der Waals surface area contributed by atoms with E-state index in [-0.39, 0.29) is 0 Å². The normalized spacial score (nSPS) is 37.9. The molecule has 2 rings (SSSR count). The molecule has 1 saturated heterocycles. The average Bonchev–Trinajstić information content (AvgIpc) is 2.54. The Bertz CT molecular complexity index is 244. The third-order valence-electron chi connectivity index (χ3n) is 4.84. The Balaban J connectivity index is 2.05. The molecule has 0 aromatic heterocycles. The van der Waals surface area contributed by atoms with Gasteiger partial charge in [-0.2, -0.15) is 0 Å². The summed E-state index contributed by atoms with van der Waals surface area (Å²) in [6.07, 6.45) is 6.69. The highest BCUT2D eigenvalue weighted by molar-refractivity contribution is 4.96. The number of hydrogen-bond donors (Lipinski definition) is 1. The number of nitrogens with zero attached hydrogens (tertiary/aromatic N) is 2. The third-order valence-corrected chi connectivity index (χ3v) is 4.84. The van der Waals surface area contributed by atoms with Gasteiger partial charge < -0.3 is 10.6 Å². The first kappa shape index (κ1) is 13.3. The first-order chi connectivity index (χ1) is 8.16. The quantitative estimate of drug-likeness (QED) is 0.793. The predicted octanol–water partition coefficient (Wildman–Crippen LogP) is 1.53. The van der Waals surface area contributed by atoms with Crippen LogP contribution in [0.25, 0.3) is 0 Å². The second-order valence-electron chi connectivity index (χ2n) is 6.27. The lowest BCUT2D eigenvalue weighted by Gasteiger charge is -2.47. The Morgan fingerprint density at radius 2 is 2.00 bits per heavy atom. The van der Waals surface area contributed by atoms with Crippen molar-refractivity contribution in [1.82, 2.24) is 9.80 Å². The van der Waals surface area contributed by atoms with Crippen molar-refractivity contribution < 1.29 is 0 Å². The summed E-state index contributed by atoms with van der Waals surface area (Å²) in [5, 5.41) is 0. The first-order valence-electron chi connectivity index (χ1n) is 7.30. The minimum absolute atomic E-state index is 0.322. The van der Waals surface area contributed by atoms with Gasteiger partial charge in [-0.15, -0.1) is 0 Å². The van der Waals surface area contributed by atoms with Crippen LogP contribution in [0.5, 0.6) is 0 Å². The van der Waals surface area contributed by atoms with Gasteiger partial charge in [-0.1, -0.05) is 19.8 Å². The molecular weight excluding hydrogens is 210 g/mol. The van der Waals surface area contributed by atoms with E-state index in [4.69, 9.17) is 5.73 Å². The molecule has 2 aliphatic rings. The molecule has 3 heteroatoms. The molecular formula is C14H29N3. The molecule has 1 saturated carbocycles. The van der Waals surface area contributed by atoms with E-state index in [0.29, 0.717) is 5.54 Å². The van der Waals surface area contributed by atoms with Gasteiger partial charge in [0.2, 0.25) is 0 Å². The van der Waals surface area contributed by atoms with Gasteiger partial charge in [0.05, 0.1) is 0 Å². The molecule has 0 aromatic carbocycles. The number of nitrogens with two attached hydrogens (primary N) is 1. The largest absolute Gasteiger partial charge is 0.329 e. The van der Waals surface area contributed by atoms with Crippen molar-refractivity contribution in [2.24, 2.45) is 11.7 Å². The van der Waals surface area contributed by atoms with Crippen LogP contribution in [0, 0.1) is 5.92 Å². The molecule has 0 radical (unpaired) electrons. The van der Waals surface area contributed by atoms with Crippen LogP contribution >= 0.6 is 0 Å². The van der Waals surface area contributed by atoms with Gasteiger partial charge in [0.1, 0.15) is 0 Å². The van der Waals surface area contributed by atoms with Gasteiger partial charge in [0, 0.05) is 31.7 Å². The lowest BCUT2D eigenvalue weighted by atomic mass is 9.75. The fourth-order valence-electron chi connectivity index (χ4n) is 3.75. The molecule has 1 aliphatic heterocycles. The van der Waals surface area contributed by atoms with Crippen molar-refractivity contribution in [1.29, 1.82) is 0 Å². The van der Waals surface area contributed by atoms with Crippen LogP contribution in [0.2, 0.25) is 0 Å². The summed E-state index contributed by atoms with van der Waals surface area (Å²) in [6, 6.07) is 0. The number of hydrogen-bond acceptors (Lipinski definition) is 3. The van der Waals surface area contributed by atoms with Crippen LogP contribution in [0.15, 0.2) is 0 Å². The summed E-state index contributed by atoms with van der Waals surface area (Å²) >= 11 is 0. The Labute approximate surface area is 106 Å². The van der Waals surface area contributed by atoms with Crippen molar-refractivity contribution >= 4 is 0 Å². The highest BCUT2D eigenvalue weighted by Crippen LogP contribution is 2.36. The zero-order chi connectivity index (χ0) is 12.3. The highest BCUT2D eigenvalue weighted by atomic mass is 15.3. The Kier molecular flexibility index (Phi) is 4.45. The van der Waals surface area contributed by atoms with E-state index in [0.717, 1.165) is 12.5 Å². The summed E-state index contributed by atoms with van der Waals surface area (Å²) in [5.41, 5.74) is 6.48. The summed E-state index contributed by atoms with van der Waals surface area (Å²) in [5.74, 6) is 0.855. The van der Waals surface area contributed by atoms with E-state index in [2.05, 4.69) is 23.8 Å². The molecule has 2 unspecified atom stereocenters. The third kappa shape index (κ3) is 3.01. The van der Waals surface area contributed by atoms with E-state index in [1.54, 1.807) is 0 Å². The van der Waals surface area contributed by atoms with Gasteiger partial charge in [0.25, 0.3) is 0 Å². The summed E-state index contributed by atoms with van der Waals surface area (Å²) < 4.78 is 0. The van der Waals surface area contributed by atoms with Crippen LogP contribution in [0.3, 0.4) is 0 Å². The van der Waals surface area contributed by atoms with E-state index in [9.17, 15) is 0 Å². The second kappa shape index (κ2) is 5.68. The zero-order valence-electron chi connectivity index (χ0n) is 11.6. The lowest BCUT2D eigenvalue weighted by Crippen LogP contribution is -2.57. The predicted molar refractivity (Wildman–Crippen MR) is 73.1 cm³/mol. The molecule has 2 fully saturated rings. The van der Waals surface area contributed by atoms with E-state index in [1.165, 1.54) is 58.3 Å². The van der Waals surface area contributed by atoms with Gasteiger partial charge >= 0.3 is 0 Å². The van der Waals surface area contributed by atoms with E-state index >= 15 is 0 Å². The molecule has 0 aromatic rings. The number of likely N-dealkylation sites (N-methyl/N-ethyl adjacent to an activating group) is 1. The maximum absolute atomic E-state index is 6.16. The molecule has 2 atom stereocenters. The van der Waals surface area contributed by atoms with Gasteiger partial charge in [-0.05, 0) is 38.8 Å². The second-order valence-corrected chi connectivity index (χ2v) is 6.27. The molecule has 2 N–H and O–H groups in total. The van der Waals surface area contributed by atoms with Crippen molar-refractivity contribution in [3.63, 3.8) is 0 Å². The topological polar surface area (TPSA) is 32.5 Å². The lowest BCUT2D eigenvalue weighted by molar-refractivity contribution is 0.0427. The Hall–Kier alpha value is -0.120. The van der Waals surface area contributed by atoms with Gasteiger partial charge in [-0.25, -0.2) is 0 Å². The van der Waals surface area contributed by atoms with Crippen molar-refractivity contribution in [2.75, 3.05) is 39.8 Å². The van der Waals surface area contributed by atoms with Crippen LogP contribution in [0.4, 0.5) is 0 Å². The smallest absolute Gasteiger partial charge is 0.0334 e. The monoisotopic (exact) mass is 239 g/mol. The van der Waals surface area contributed by atoms with Crippen molar-refractivity contribution in [3.8, 4) is 0 Å². The molecule has 0 amide bonds. The summed E-state index contributed by atoms with van der Waals surface area (Å²) in [6.45, 7) is 8.14. The maximum Gasteiger partial charge on any atom is 0.0334 e. The standard InChI is InChI=1S/C14H29N3/c1-13-5-3-6-14(11-13,12-15)17-8-4-7-16(2)9-10-17/h13H,3-12,15H2,1-2H3. The van der Waals surface area contributed by atoms with E-state index < -0.39 is 0 Å². The van der Waals surface area contributed by atoms with Crippen LogP contribution in [-0.4, -0.2) is 55.1 Å². The fraction of sp³-hybridized carbons (Fsp3) is 1.00. The van der Waals surface area contributed by atoms with Crippen molar-refractivity contribution in [3.05, 3.63) is 0 Å². The summed E-state index contributed by atoms with van der Waals surface area (Å²) in [7, 11) is 2.24. The SMILES string of the molecule is CC1CCCC(CN)(N2CCCN(C)CC2)C1. The molecule has 100 valence electrons. The first-order valence-corrected chi connectivity index (χ1v) is 7.30. The average molecular weight is 239 g/mol. The Morgan fingerprint density at radius 1 is 1.18 bits per heavy atom. The minimum atomic E-state index is 0.322. The molecule has 3 nitrogen and oxygen atoms in total.